The topological polar surface area (TPSA) is 78.1 Å². The number of hydrogen-bond donors (Lipinski definition) is 2. The fraction of sp³-hybridized carbons (Fsp3) is 0.118. The maximum absolute atomic E-state index is 12.7. The van der Waals surface area contributed by atoms with Crippen molar-refractivity contribution in [3.8, 4) is 0 Å². The first kappa shape index (κ1) is 16.0. The fourth-order valence-corrected chi connectivity index (χ4v) is 2.64. The molecule has 1 aromatic heterocycles. The van der Waals surface area contributed by atoms with Gasteiger partial charge in [0.05, 0.1) is 16.8 Å². The molecule has 6 nitrogen and oxygen atoms in total. The largest absolute Gasteiger partial charge is 0.376 e. The van der Waals surface area contributed by atoms with E-state index >= 15 is 0 Å². The summed E-state index contributed by atoms with van der Waals surface area (Å²) < 4.78 is 0. The van der Waals surface area contributed by atoms with Gasteiger partial charge in [-0.25, -0.2) is 5.10 Å². The molecule has 0 unspecified atom stereocenters. The highest BCUT2D eigenvalue weighted by Gasteiger charge is 2.16. The number of carbonyl (C=O) groups is 1. The van der Waals surface area contributed by atoms with Crippen LogP contribution in [0.3, 0.4) is 0 Å². The van der Waals surface area contributed by atoms with Crippen LogP contribution in [0.15, 0.2) is 47.3 Å². The van der Waals surface area contributed by atoms with Crippen LogP contribution in [0.1, 0.15) is 10.5 Å². The van der Waals surface area contributed by atoms with Gasteiger partial charge in [-0.2, -0.15) is 5.10 Å². The average molecular weight is 343 g/mol. The van der Waals surface area contributed by atoms with Crippen molar-refractivity contribution >= 4 is 39.7 Å². The predicted molar refractivity (Wildman–Crippen MR) is 96.1 cm³/mol. The van der Waals surface area contributed by atoms with E-state index in [0.717, 1.165) is 5.69 Å². The zero-order valence-corrected chi connectivity index (χ0v) is 13.9. The van der Waals surface area contributed by atoms with Crippen LogP contribution in [0.2, 0.25) is 5.02 Å². The molecule has 7 heteroatoms. The molecule has 3 rings (SSSR count). The minimum absolute atomic E-state index is 0.148. The Morgan fingerprint density at radius 3 is 2.58 bits per heavy atom. The smallest absolute Gasteiger partial charge is 0.276 e. The first-order valence-electron chi connectivity index (χ1n) is 7.23. The van der Waals surface area contributed by atoms with Gasteiger partial charge in [0.2, 0.25) is 0 Å². The molecule has 2 N–H and O–H groups in total. The van der Waals surface area contributed by atoms with Gasteiger partial charge in [0.15, 0.2) is 5.69 Å². The lowest BCUT2D eigenvalue weighted by molar-refractivity contribution is 0.102. The van der Waals surface area contributed by atoms with E-state index in [1.165, 1.54) is 0 Å². The number of halogens is 1. The van der Waals surface area contributed by atoms with Gasteiger partial charge in [-0.3, -0.25) is 9.59 Å². The van der Waals surface area contributed by atoms with E-state index in [2.05, 4.69) is 15.5 Å². The van der Waals surface area contributed by atoms with Crippen LogP contribution in [-0.4, -0.2) is 30.2 Å². The third-order valence-electron chi connectivity index (χ3n) is 3.60. The highest BCUT2D eigenvalue weighted by Crippen LogP contribution is 2.28. The predicted octanol–water partition coefficient (Wildman–Crippen LogP) is 2.89. The van der Waals surface area contributed by atoms with Crippen molar-refractivity contribution in [2.45, 2.75) is 0 Å². The number of H-pyrrole nitrogens is 1. The zero-order valence-electron chi connectivity index (χ0n) is 13.1. The Hall–Kier alpha value is -2.86. The average Bonchev–Trinajstić information content (AvgIpc) is 2.55. The van der Waals surface area contributed by atoms with Crippen molar-refractivity contribution < 1.29 is 4.79 Å². The molecule has 1 heterocycles. The van der Waals surface area contributed by atoms with Gasteiger partial charge >= 0.3 is 0 Å². The SMILES string of the molecule is CN(C)c1ccc(Cl)cc1NC(=O)c1n[nH]c(=O)c2ccccc12. The number of aromatic amines is 1. The van der Waals surface area contributed by atoms with Gasteiger partial charge < -0.3 is 10.2 Å². The number of carbonyl (C=O) groups excluding carboxylic acids is 1. The minimum Gasteiger partial charge on any atom is -0.376 e. The second-order valence-electron chi connectivity index (χ2n) is 5.46. The summed E-state index contributed by atoms with van der Waals surface area (Å²) in [5, 5.41) is 10.5. The Labute approximate surface area is 143 Å². The van der Waals surface area contributed by atoms with Crippen molar-refractivity contribution in [2.24, 2.45) is 0 Å². The monoisotopic (exact) mass is 342 g/mol. The van der Waals surface area contributed by atoms with E-state index in [9.17, 15) is 9.59 Å². The molecule has 0 saturated carbocycles. The summed E-state index contributed by atoms with van der Waals surface area (Å²) in [7, 11) is 3.74. The molecule has 24 heavy (non-hydrogen) atoms. The normalized spacial score (nSPS) is 10.6. The third-order valence-corrected chi connectivity index (χ3v) is 3.83. The van der Waals surface area contributed by atoms with E-state index in [1.807, 2.05) is 25.1 Å². The van der Waals surface area contributed by atoms with E-state index in [0.29, 0.717) is 21.5 Å². The number of rotatable bonds is 3. The molecular formula is C17H15ClN4O2. The molecule has 122 valence electrons. The lowest BCUT2D eigenvalue weighted by Crippen LogP contribution is -2.21. The number of amides is 1. The molecule has 1 amide bonds. The number of anilines is 2. The molecule has 0 fully saturated rings. The van der Waals surface area contributed by atoms with Crippen LogP contribution < -0.4 is 15.8 Å². The summed E-state index contributed by atoms with van der Waals surface area (Å²) in [5.41, 5.74) is 1.19. The van der Waals surface area contributed by atoms with Crippen LogP contribution in [0.5, 0.6) is 0 Å². The summed E-state index contributed by atoms with van der Waals surface area (Å²) in [5.74, 6) is -0.423. The quantitative estimate of drug-likeness (QED) is 0.767. The number of aromatic nitrogens is 2. The van der Waals surface area contributed by atoms with Crippen molar-refractivity contribution in [3.63, 3.8) is 0 Å². The highest BCUT2D eigenvalue weighted by molar-refractivity contribution is 6.31. The lowest BCUT2D eigenvalue weighted by Gasteiger charge is -2.18. The molecule has 2 aromatic carbocycles. The van der Waals surface area contributed by atoms with E-state index < -0.39 is 5.91 Å². The Morgan fingerprint density at radius 1 is 1.17 bits per heavy atom. The second-order valence-corrected chi connectivity index (χ2v) is 5.89. The number of fused-ring (bicyclic) bond motifs is 1. The summed E-state index contributed by atoms with van der Waals surface area (Å²) in [6.45, 7) is 0. The maximum atomic E-state index is 12.7. The number of nitrogens with zero attached hydrogens (tertiary/aromatic N) is 2. The summed E-state index contributed by atoms with van der Waals surface area (Å²) >= 11 is 6.03. The van der Waals surface area contributed by atoms with Crippen LogP contribution in [-0.2, 0) is 0 Å². The molecule has 0 aliphatic heterocycles. The van der Waals surface area contributed by atoms with E-state index in [-0.39, 0.29) is 11.3 Å². The molecule has 0 aliphatic carbocycles. The third kappa shape index (κ3) is 2.96. The van der Waals surface area contributed by atoms with Crippen LogP contribution in [0, 0.1) is 0 Å². The summed E-state index contributed by atoms with van der Waals surface area (Å²) in [6.07, 6.45) is 0. The van der Waals surface area contributed by atoms with Crippen LogP contribution in [0.4, 0.5) is 11.4 Å². The van der Waals surface area contributed by atoms with Crippen molar-refractivity contribution in [2.75, 3.05) is 24.3 Å². The Balaban J connectivity index is 2.05. The van der Waals surface area contributed by atoms with Gasteiger partial charge in [0.1, 0.15) is 0 Å². The maximum Gasteiger partial charge on any atom is 0.276 e. The fourth-order valence-electron chi connectivity index (χ4n) is 2.47. The van der Waals surface area contributed by atoms with Gasteiger partial charge in [-0.1, -0.05) is 29.8 Å². The van der Waals surface area contributed by atoms with E-state index in [1.54, 1.807) is 36.4 Å². The second kappa shape index (κ2) is 6.33. The van der Waals surface area contributed by atoms with Gasteiger partial charge in [-0.15, -0.1) is 0 Å². The molecule has 3 aromatic rings. The molecule has 0 saturated heterocycles. The molecule has 0 aliphatic rings. The van der Waals surface area contributed by atoms with Crippen LogP contribution in [0.25, 0.3) is 10.8 Å². The molecule has 0 atom stereocenters. The highest BCUT2D eigenvalue weighted by atomic mass is 35.5. The van der Waals surface area contributed by atoms with Gasteiger partial charge in [-0.05, 0) is 24.3 Å². The first-order valence-corrected chi connectivity index (χ1v) is 7.61. The molecule has 0 spiro atoms. The van der Waals surface area contributed by atoms with Gasteiger partial charge in [0, 0.05) is 24.5 Å². The molecule has 0 bridgehead atoms. The van der Waals surface area contributed by atoms with Crippen LogP contribution >= 0.6 is 11.6 Å². The number of nitrogens with one attached hydrogen (secondary N) is 2. The van der Waals surface area contributed by atoms with Crippen molar-refractivity contribution in [1.29, 1.82) is 0 Å². The van der Waals surface area contributed by atoms with Crippen molar-refractivity contribution in [3.05, 3.63) is 63.5 Å². The van der Waals surface area contributed by atoms with E-state index in [4.69, 9.17) is 11.6 Å². The summed E-state index contributed by atoms with van der Waals surface area (Å²) in [4.78, 5) is 26.4. The summed E-state index contributed by atoms with van der Waals surface area (Å²) in [6, 6.07) is 12.1. The van der Waals surface area contributed by atoms with Gasteiger partial charge in [0.25, 0.3) is 11.5 Å². The Morgan fingerprint density at radius 2 is 1.88 bits per heavy atom. The lowest BCUT2D eigenvalue weighted by atomic mass is 10.1. The standard InChI is InChI=1S/C17H15ClN4O2/c1-22(2)14-8-7-10(18)9-13(14)19-17(24)15-11-5-3-4-6-12(11)16(23)21-20-15/h3-9H,1-2H3,(H,19,24)(H,21,23). The number of benzene rings is 2. The minimum atomic E-state index is -0.423. The number of hydrogen-bond acceptors (Lipinski definition) is 4. The Bertz CT molecular complexity index is 982. The zero-order chi connectivity index (χ0) is 17.3. The first-order chi connectivity index (χ1) is 11.5. The molecule has 0 radical (unpaired) electrons. The molecular weight excluding hydrogens is 328 g/mol. The Kier molecular flexibility index (Phi) is 4.22. The van der Waals surface area contributed by atoms with Crippen molar-refractivity contribution in [1.82, 2.24) is 10.2 Å².